The van der Waals surface area contributed by atoms with E-state index >= 15 is 0 Å². The summed E-state index contributed by atoms with van der Waals surface area (Å²) in [6.45, 7) is 1.61. The number of nitrogen functional groups attached to an aromatic ring is 1. The van der Waals surface area contributed by atoms with Gasteiger partial charge in [0.2, 0.25) is 0 Å². The van der Waals surface area contributed by atoms with Crippen LogP contribution in [0, 0.1) is 12.7 Å². The van der Waals surface area contributed by atoms with Crippen LogP contribution in [0.2, 0.25) is 0 Å². The maximum absolute atomic E-state index is 13.1. The smallest absolute Gasteiger partial charge is 0.348 e. The molecule has 0 radical (unpaired) electrons. The van der Waals surface area contributed by atoms with Crippen LogP contribution in [0.15, 0.2) is 18.2 Å². The Morgan fingerprint density at radius 3 is 2.82 bits per heavy atom. The van der Waals surface area contributed by atoms with Crippen molar-refractivity contribution in [3.8, 4) is 11.3 Å². The van der Waals surface area contributed by atoms with Gasteiger partial charge in [-0.25, -0.2) is 14.2 Å². The molecular weight excluding hydrogens is 243 g/mol. The van der Waals surface area contributed by atoms with Crippen molar-refractivity contribution < 1.29 is 14.3 Å². The van der Waals surface area contributed by atoms with Crippen LogP contribution >= 0.6 is 11.3 Å². The quantitative estimate of drug-likeness (QED) is 0.861. The van der Waals surface area contributed by atoms with Crippen molar-refractivity contribution in [2.45, 2.75) is 6.92 Å². The number of aryl methyl sites for hydroxylation is 1. The van der Waals surface area contributed by atoms with Crippen LogP contribution in [-0.4, -0.2) is 16.1 Å². The molecule has 1 heterocycles. The van der Waals surface area contributed by atoms with E-state index < -0.39 is 5.97 Å². The molecule has 0 fully saturated rings. The Morgan fingerprint density at radius 2 is 2.24 bits per heavy atom. The van der Waals surface area contributed by atoms with Crippen molar-refractivity contribution in [1.82, 2.24) is 4.98 Å². The minimum atomic E-state index is -1.09. The molecule has 1 aromatic carbocycles. The average Bonchev–Trinajstić information content (AvgIpc) is 2.64. The summed E-state index contributed by atoms with van der Waals surface area (Å²) in [6, 6.07) is 4.32. The zero-order chi connectivity index (χ0) is 12.6. The first-order valence-corrected chi connectivity index (χ1v) is 5.57. The zero-order valence-corrected chi connectivity index (χ0v) is 9.71. The molecule has 6 heteroatoms. The molecule has 17 heavy (non-hydrogen) atoms. The van der Waals surface area contributed by atoms with E-state index in [1.54, 1.807) is 13.0 Å². The third-order valence-electron chi connectivity index (χ3n) is 2.27. The van der Waals surface area contributed by atoms with Gasteiger partial charge < -0.3 is 10.8 Å². The predicted molar refractivity (Wildman–Crippen MR) is 63.6 cm³/mol. The summed E-state index contributed by atoms with van der Waals surface area (Å²) in [4.78, 5) is 15.0. The first-order valence-electron chi connectivity index (χ1n) is 4.75. The van der Waals surface area contributed by atoms with Crippen LogP contribution in [0.1, 0.15) is 15.2 Å². The first kappa shape index (κ1) is 11.5. The summed E-state index contributed by atoms with van der Waals surface area (Å²) in [5.41, 5.74) is 6.76. The molecule has 0 atom stereocenters. The maximum atomic E-state index is 13.1. The van der Waals surface area contributed by atoms with Crippen LogP contribution in [-0.2, 0) is 0 Å². The third kappa shape index (κ3) is 2.12. The molecular formula is C11H9FN2O2S. The van der Waals surface area contributed by atoms with Crippen LogP contribution in [0.25, 0.3) is 11.3 Å². The highest BCUT2D eigenvalue weighted by molar-refractivity contribution is 7.17. The van der Waals surface area contributed by atoms with E-state index in [2.05, 4.69) is 4.98 Å². The number of hydrogen-bond acceptors (Lipinski definition) is 4. The Labute approximate surface area is 101 Å². The topological polar surface area (TPSA) is 76.2 Å². The number of thiazole rings is 1. The molecule has 0 amide bonds. The molecule has 0 bridgehead atoms. The van der Waals surface area contributed by atoms with Gasteiger partial charge in [0.05, 0.1) is 5.69 Å². The van der Waals surface area contributed by atoms with Crippen molar-refractivity contribution in [2.75, 3.05) is 5.73 Å². The normalized spacial score (nSPS) is 10.5. The molecule has 0 spiro atoms. The number of halogens is 1. The lowest BCUT2D eigenvalue weighted by Crippen LogP contribution is -1.96. The van der Waals surface area contributed by atoms with Crippen molar-refractivity contribution in [2.24, 2.45) is 0 Å². The van der Waals surface area contributed by atoms with Gasteiger partial charge in [0.15, 0.2) is 5.13 Å². The molecule has 4 nitrogen and oxygen atoms in total. The molecule has 2 rings (SSSR count). The summed E-state index contributed by atoms with van der Waals surface area (Å²) in [5, 5.41) is 9.18. The van der Waals surface area contributed by atoms with E-state index in [-0.39, 0.29) is 21.5 Å². The monoisotopic (exact) mass is 252 g/mol. The molecule has 0 aliphatic rings. The number of anilines is 1. The number of hydrogen-bond donors (Lipinski definition) is 2. The number of carboxylic acids is 1. The second kappa shape index (κ2) is 4.14. The van der Waals surface area contributed by atoms with Gasteiger partial charge in [-0.05, 0) is 30.7 Å². The Kier molecular flexibility index (Phi) is 2.81. The highest BCUT2D eigenvalue weighted by Crippen LogP contribution is 2.30. The van der Waals surface area contributed by atoms with Crippen LogP contribution in [0.3, 0.4) is 0 Å². The molecule has 0 unspecified atom stereocenters. The van der Waals surface area contributed by atoms with Crippen LogP contribution < -0.4 is 5.73 Å². The summed E-state index contributed by atoms with van der Waals surface area (Å²) in [5.74, 6) is -1.43. The fourth-order valence-electron chi connectivity index (χ4n) is 1.47. The van der Waals surface area contributed by atoms with E-state index in [0.29, 0.717) is 11.1 Å². The van der Waals surface area contributed by atoms with Gasteiger partial charge in [0.25, 0.3) is 0 Å². The molecule has 88 valence electrons. The van der Waals surface area contributed by atoms with Gasteiger partial charge in [-0.3, -0.25) is 0 Å². The standard InChI is InChI=1S/C11H9FN2O2S/c1-5-4-6(2-3-7(5)12)8-9(10(15)16)17-11(13)14-8/h2-4H,1H3,(H2,13,14)(H,15,16). The highest BCUT2D eigenvalue weighted by atomic mass is 32.1. The van der Waals surface area contributed by atoms with Crippen molar-refractivity contribution in [3.05, 3.63) is 34.5 Å². The van der Waals surface area contributed by atoms with Gasteiger partial charge >= 0.3 is 5.97 Å². The lowest BCUT2D eigenvalue weighted by molar-refractivity contribution is 0.0702. The van der Waals surface area contributed by atoms with Gasteiger partial charge in [-0.2, -0.15) is 0 Å². The molecule has 0 saturated heterocycles. The second-order valence-electron chi connectivity index (χ2n) is 3.50. The van der Waals surface area contributed by atoms with Crippen molar-refractivity contribution in [3.63, 3.8) is 0 Å². The molecule has 0 saturated carbocycles. The number of aromatic carboxylic acids is 1. The number of aromatic nitrogens is 1. The number of carboxylic acid groups (broad SMARTS) is 1. The molecule has 2 aromatic rings. The van der Waals surface area contributed by atoms with E-state index in [1.165, 1.54) is 12.1 Å². The Morgan fingerprint density at radius 1 is 1.53 bits per heavy atom. The second-order valence-corrected chi connectivity index (χ2v) is 4.53. The summed E-state index contributed by atoms with van der Waals surface area (Å²) >= 11 is 0.901. The van der Waals surface area contributed by atoms with E-state index in [4.69, 9.17) is 10.8 Å². The largest absolute Gasteiger partial charge is 0.477 e. The number of nitrogens with zero attached hydrogens (tertiary/aromatic N) is 1. The molecule has 1 aromatic heterocycles. The Balaban J connectivity index is 2.59. The van der Waals surface area contributed by atoms with Crippen molar-refractivity contribution in [1.29, 1.82) is 0 Å². The minimum Gasteiger partial charge on any atom is -0.477 e. The predicted octanol–water partition coefficient (Wildman–Crippen LogP) is 2.54. The lowest BCUT2D eigenvalue weighted by atomic mass is 10.1. The molecule has 3 N–H and O–H groups in total. The lowest BCUT2D eigenvalue weighted by Gasteiger charge is -2.01. The van der Waals surface area contributed by atoms with Crippen LogP contribution in [0.4, 0.5) is 9.52 Å². The first-order chi connectivity index (χ1) is 7.99. The number of rotatable bonds is 2. The third-order valence-corrected chi connectivity index (χ3v) is 3.14. The fourth-order valence-corrected chi connectivity index (χ4v) is 2.16. The molecule has 0 aliphatic carbocycles. The van der Waals surface area contributed by atoms with Gasteiger partial charge in [0.1, 0.15) is 10.7 Å². The summed E-state index contributed by atoms with van der Waals surface area (Å²) < 4.78 is 13.1. The maximum Gasteiger partial charge on any atom is 0.348 e. The summed E-state index contributed by atoms with van der Waals surface area (Å²) in [6.07, 6.45) is 0. The average molecular weight is 252 g/mol. The summed E-state index contributed by atoms with van der Waals surface area (Å²) in [7, 11) is 0. The Hall–Kier alpha value is -1.95. The number of carbonyl (C=O) groups is 1. The highest BCUT2D eigenvalue weighted by Gasteiger charge is 2.18. The van der Waals surface area contributed by atoms with E-state index in [9.17, 15) is 9.18 Å². The fraction of sp³-hybridized carbons (Fsp3) is 0.0909. The number of benzene rings is 1. The minimum absolute atomic E-state index is 0.0634. The van der Waals surface area contributed by atoms with E-state index in [1.807, 2.05) is 0 Å². The van der Waals surface area contributed by atoms with Crippen molar-refractivity contribution >= 4 is 22.4 Å². The number of nitrogens with two attached hydrogens (primary N) is 1. The van der Waals surface area contributed by atoms with Gasteiger partial charge in [-0.1, -0.05) is 11.3 Å². The zero-order valence-electron chi connectivity index (χ0n) is 8.90. The van der Waals surface area contributed by atoms with Gasteiger partial charge in [0, 0.05) is 5.56 Å². The van der Waals surface area contributed by atoms with E-state index in [0.717, 1.165) is 11.3 Å². The molecule has 0 aliphatic heterocycles. The SMILES string of the molecule is Cc1cc(-c2nc(N)sc2C(=O)O)ccc1F. The Bertz CT molecular complexity index is 595. The van der Waals surface area contributed by atoms with Crippen LogP contribution in [0.5, 0.6) is 0 Å². The van der Waals surface area contributed by atoms with Gasteiger partial charge in [-0.15, -0.1) is 0 Å².